The molecule has 0 spiro atoms. The molecular weight excluding hydrogens is 354 g/mol. The van der Waals surface area contributed by atoms with Crippen LogP contribution in [-0.2, 0) is 4.79 Å². The number of carbonyl (C=O) groups excluding carboxylic acids is 2. The van der Waals surface area contributed by atoms with Crippen molar-refractivity contribution < 1.29 is 29.0 Å². The molecule has 0 saturated heterocycles. The van der Waals surface area contributed by atoms with Crippen molar-refractivity contribution in [2.75, 3.05) is 0 Å². The Morgan fingerprint density at radius 2 is 1.48 bits per heavy atom. The van der Waals surface area contributed by atoms with E-state index >= 15 is 0 Å². The zero-order valence-corrected chi connectivity index (χ0v) is 15.4. The van der Waals surface area contributed by atoms with Crippen molar-refractivity contribution in [3.8, 4) is 0 Å². The minimum Gasteiger partial charge on any atom is -0.412 e. The molecule has 4 bridgehead atoms. The second-order valence-electron chi connectivity index (χ2n) is 8.73. The first-order valence-corrected chi connectivity index (χ1v) is 9.43. The first kappa shape index (κ1) is 20.1. The van der Waals surface area contributed by atoms with E-state index in [1.165, 1.54) is 31.2 Å². The van der Waals surface area contributed by atoms with Gasteiger partial charge in [0.15, 0.2) is 11.9 Å². The predicted octanol–water partition coefficient (Wildman–Crippen LogP) is 3.52. The number of aliphatic hydroxyl groups is 1. The van der Waals surface area contributed by atoms with Crippen LogP contribution in [0.4, 0.5) is 8.78 Å². The van der Waals surface area contributed by atoms with E-state index < -0.39 is 23.2 Å². The normalized spacial score (nSPS) is 32.7. The van der Waals surface area contributed by atoms with Crippen LogP contribution >= 0.6 is 0 Å². The van der Waals surface area contributed by atoms with Gasteiger partial charge in [-0.3, -0.25) is 9.59 Å². The third kappa shape index (κ3) is 3.23. The van der Waals surface area contributed by atoms with E-state index in [0.29, 0.717) is 42.6 Å². The summed E-state index contributed by atoms with van der Waals surface area (Å²) < 4.78 is 30.0. The monoisotopic (exact) mass is 380 g/mol. The van der Waals surface area contributed by atoms with Crippen molar-refractivity contribution in [2.45, 2.75) is 57.5 Å². The van der Waals surface area contributed by atoms with Crippen LogP contribution in [0.1, 0.15) is 67.5 Å². The van der Waals surface area contributed by atoms with Gasteiger partial charge in [0.2, 0.25) is 5.78 Å². The van der Waals surface area contributed by atoms with Gasteiger partial charge in [-0.2, -0.15) is 8.78 Å². The van der Waals surface area contributed by atoms with E-state index in [1.807, 2.05) is 0 Å². The molecule has 4 aliphatic rings. The van der Waals surface area contributed by atoms with Crippen molar-refractivity contribution in [2.24, 2.45) is 23.2 Å². The number of carbonyl (C=O) groups is 2. The van der Waals surface area contributed by atoms with Gasteiger partial charge < -0.3 is 10.6 Å². The standard InChI is InChI=1S/C21H24F2O3.H2O/c1-12(24)16-2-4-17(5-3-16)18(25)21(22,23)19(26)20-9-13-6-14(10-20)8-15(7-13)11-20;/h2-5,13-15,18,25H,6-11H2,1H3;1H2/t13?,14?,15?,18-,20?;/m1./s1. The number of hydrogen-bond acceptors (Lipinski definition) is 3. The summed E-state index contributed by atoms with van der Waals surface area (Å²) in [5.74, 6) is -3.92. The molecule has 0 unspecified atom stereocenters. The SMILES string of the molecule is CC(=O)c1ccc([C@@H](O)C(F)(F)C(=O)C23CC4CC(CC(C4)C2)C3)cc1.O. The molecule has 5 rings (SSSR count). The summed E-state index contributed by atoms with van der Waals surface area (Å²) in [5.41, 5.74) is -0.604. The first-order chi connectivity index (χ1) is 12.2. The number of rotatable bonds is 5. The molecule has 3 N–H and O–H groups in total. The van der Waals surface area contributed by atoms with Crippen molar-refractivity contribution in [3.63, 3.8) is 0 Å². The Labute approximate surface area is 157 Å². The van der Waals surface area contributed by atoms with Crippen LogP contribution < -0.4 is 0 Å². The zero-order chi connectivity index (χ0) is 18.7. The van der Waals surface area contributed by atoms with E-state index in [0.717, 1.165) is 19.3 Å². The minimum atomic E-state index is -3.82. The van der Waals surface area contributed by atoms with Crippen LogP contribution in [0.3, 0.4) is 0 Å². The summed E-state index contributed by atoms with van der Waals surface area (Å²) in [6.45, 7) is 1.39. The smallest absolute Gasteiger partial charge is 0.335 e. The summed E-state index contributed by atoms with van der Waals surface area (Å²) >= 11 is 0. The summed E-state index contributed by atoms with van der Waals surface area (Å²) in [6, 6.07) is 5.43. The van der Waals surface area contributed by atoms with Gasteiger partial charge in [0.25, 0.3) is 0 Å². The Kier molecular flexibility index (Phi) is 5.02. The van der Waals surface area contributed by atoms with Gasteiger partial charge in [0, 0.05) is 11.0 Å². The lowest BCUT2D eigenvalue weighted by Crippen LogP contribution is -2.55. The first-order valence-electron chi connectivity index (χ1n) is 9.43. The molecule has 27 heavy (non-hydrogen) atoms. The fraction of sp³-hybridized carbons (Fsp3) is 0.619. The fourth-order valence-corrected chi connectivity index (χ4v) is 5.98. The van der Waals surface area contributed by atoms with E-state index in [4.69, 9.17) is 0 Å². The van der Waals surface area contributed by atoms with Crippen LogP contribution in [0.25, 0.3) is 0 Å². The maximum absolute atomic E-state index is 15.0. The number of benzene rings is 1. The molecule has 1 aromatic carbocycles. The topological polar surface area (TPSA) is 85.9 Å². The number of alkyl halides is 2. The van der Waals surface area contributed by atoms with Crippen LogP contribution in [0.5, 0.6) is 0 Å². The Bertz CT molecular complexity index is 706. The number of aliphatic hydroxyl groups excluding tert-OH is 1. The van der Waals surface area contributed by atoms with Crippen molar-refractivity contribution in [3.05, 3.63) is 35.4 Å². The maximum Gasteiger partial charge on any atom is 0.335 e. The number of halogens is 2. The lowest BCUT2D eigenvalue weighted by molar-refractivity contribution is -0.185. The van der Waals surface area contributed by atoms with Crippen molar-refractivity contribution in [1.82, 2.24) is 0 Å². The Balaban J connectivity index is 0.00000210. The summed E-state index contributed by atoms with van der Waals surface area (Å²) in [5, 5.41) is 10.3. The minimum absolute atomic E-state index is 0. The van der Waals surface area contributed by atoms with E-state index in [9.17, 15) is 23.5 Å². The molecule has 6 heteroatoms. The molecule has 4 nitrogen and oxygen atoms in total. The maximum atomic E-state index is 15.0. The van der Waals surface area contributed by atoms with Crippen LogP contribution in [-0.4, -0.2) is 28.1 Å². The van der Waals surface area contributed by atoms with Gasteiger partial charge in [-0.05, 0) is 68.8 Å². The summed E-state index contributed by atoms with van der Waals surface area (Å²) in [6.07, 6.45) is 2.65. The fourth-order valence-electron chi connectivity index (χ4n) is 5.98. The Hall–Kier alpha value is -1.66. The van der Waals surface area contributed by atoms with Crippen LogP contribution in [0.2, 0.25) is 0 Å². The largest absolute Gasteiger partial charge is 0.412 e. The average molecular weight is 380 g/mol. The summed E-state index contributed by atoms with van der Waals surface area (Å²) in [7, 11) is 0. The third-order valence-corrected chi connectivity index (χ3v) is 6.80. The molecule has 4 saturated carbocycles. The number of ketones is 2. The van der Waals surface area contributed by atoms with Crippen LogP contribution in [0, 0.1) is 23.2 Å². The number of hydrogen-bond donors (Lipinski definition) is 1. The molecule has 4 fully saturated rings. The van der Waals surface area contributed by atoms with Gasteiger partial charge in [-0.1, -0.05) is 24.3 Å². The number of Topliss-reactive ketones (excluding diaryl/α,β-unsaturated/α-hetero) is 2. The molecule has 0 aromatic heterocycles. The highest BCUT2D eigenvalue weighted by molar-refractivity contribution is 5.94. The van der Waals surface area contributed by atoms with E-state index in [1.54, 1.807) is 0 Å². The molecule has 148 valence electrons. The molecule has 0 heterocycles. The van der Waals surface area contributed by atoms with Gasteiger partial charge >= 0.3 is 5.92 Å². The highest BCUT2D eigenvalue weighted by atomic mass is 19.3. The molecule has 0 amide bonds. The van der Waals surface area contributed by atoms with Crippen molar-refractivity contribution in [1.29, 1.82) is 0 Å². The molecule has 0 radical (unpaired) electrons. The van der Waals surface area contributed by atoms with E-state index in [-0.39, 0.29) is 16.8 Å². The lowest BCUT2D eigenvalue weighted by atomic mass is 9.48. The second-order valence-corrected chi connectivity index (χ2v) is 8.73. The molecular formula is C21H26F2O4. The van der Waals surface area contributed by atoms with Crippen LogP contribution in [0.15, 0.2) is 24.3 Å². The van der Waals surface area contributed by atoms with Gasteiger partial charge in [-0.25, -0.2) is 0 Å². The van der Waals surface area contributed by atoms with Gasteiger partial charge in [0.05, 0.1) is 0 Å². The highest BCUT2D eigenvalue weighted by Gasteiger charge is 2.62. The quantitative estimate of drug-likeness (QED) is 0.793. The molecule has 4 aliphatic carbocycles. The van der Waals surface area contributed by atoms with Crippen molar-refractivity contribution >= 4 is 11.6 Å². The predicted molar refractivity (Wildman–Crippen MR) is 95.6 cm³/mol. The molecule has 1 atom stereocenters. The molecule has 1 aromatic rings. The van der Waals surface area contributed by atoms with Gasteiger partial charge in [0.1, 0.15) is 0 Å². The lowest BCUT2D eigenvalue weighted by Gasteiger charge is -2.56. The third-order valence-electron chi connectivity index (χ3n) is 6.80. The molecule has 0 aliphatic heterocycles. The Morgan fingerprint density at radius 3 is 1.89 bits per heavy atom. The van der Waals surface area contributed by atoms with E-state index in [2.05, 4.69) is 0 Å². The second kappa shape index (κ2) is 6.74. The summed E-state index contributed by atoms with van der Waals surface area (Å²) in [4.78, 5) is 24.3. The highest BCUT2D eigenvalue weighted by Crippen LogP contribution is 2.62. The zero-order valence-electron chi connectivity index (χ0n) is 15.4. The average Bonchev–Trinajstić information content (AvgIpc) is 2.59. The van der Waals surface area contributed by atoms with Gasteiger partial charge in [-0.15, -0.1) is 0 Å². The Morgan fingerprint density at radius 1 is 1.04 bits per heavy atom.